The molecule has 5 aromatic rings. The highest BCUT2D eigenvalue weighted by atomic mass is 16.5. The van der Waals surface area contributed by atoms with Crippen LogP contribution in [0.1, 0.15) is 12.3 Å². The molecule has 0 unspecified atom stereocenters. The van der Waals surface area contributed by atoms with Crippen LogP contribution >= 0.6 is 0 Å². The molecule has 0 aliphatic carbocycles. The third kappa shape index (κ3) is 4.86. The Balaban J connectivity index is 1.18. The van der Waals surface area contributed by atoms with Crippen molar-refractivity contribution >= 4 is 22.6 Å². The van der Waals surface area contributed by atoms with Crippen LogP contribution in [0.5, 0.6) is 11.5 Å². The number of nitrogens with one attached hydrogen (secondary N) is 1. The largest absolute Gasteiger partial charge is 0.493 e. The minimum Gasteiger partial charge on any atom is -0.493 e. The zero-order valence-corrected chi connectivity index (χ0v) is 19.3. The standard InChI is InChI=1S/C27H23N3O5/c1-32-22-12-9-19(16-24(22)33-2)27-29-26(35-30-27)14-13-25(31)28-20-10-7-17(8-11-20)23-15-18-5-3-4-6-21(18)34-23/h3-12,15-16H,13-14H2,1-2H3,(H,28,31). The maximum absolute atomic E-state index is 12.4. The van der Waals surface area contributed by atoms with Crippen LogP contribution in [0.25, 0.3) is 33.7 Å². The molecule has 1 amide bonds. The van der Waals surface area contributed by atoms with Crippen molar-refractivity contribution in [1.29, 1.82) is 0 Å². The Bertz CT molecular complexity index is 1440. The van der Waals surface area contributed by atoms with Crippen LogP contribution in [0.3, 0.4) is 0 Å². The number of nitrogens with zero attached hydrogens (tertiary/aromatic N) is 2. The molecule has 176 valence electrons. The van der Waals surface area contributed by atoms with Crippen molar-refractivity contribution in [2.24, 2.45) is 0 Å². The van der Waals surface area contributed by atoms with Crippen molar-refractivity contribution in [2.75, 3.05) is 19.5 Å². The van der Waals surface area contributed by atoms with Gasteiger partial charge in [0.15, 0.2) is 11.5 Å². The van der Waals surface area contributed by atoms with E-state index in [1.54, 1.807) is 26.4 Å². The number of hydrogen-bond acceptors (Lipinski definition) is 7. The molecule has 0 aliphatic heterocycles. The number of aryl methyl sites for hydroxylation is 1. The molecule has 35 heavy (non-hydrogen) atoms. The van der Waals surface area contributed by atoms with Crippen LogP contribution in [0.4, 0.5) is 5.69 Å². The van der Waals surface area contributed by atoms with E-state index < -0.39 is 0 Å². The van der Waals surface area contributed by atoms with E-state index in [1.807, 2.05) is 60.7 Å². The highest BCUT2D eigenvalue weighted by Crippen LogP contribution is 2.31. The van der Waals surface area contributed by atoms with Crippen molar-refractivity contribution in [2.45, 2.75) is 12.8 Å². The Kier molecular flexibility index (Phi) is 6.17. The van der Waals surface area contributed by atoms with E-state index in [1.165, 1.54) is 0 Å². The average molecular weight is 469 g/mol. The molecule has 8 nitrogen and oxygen atoms in total. The second kappa shape index (κ2) is 9.72. The zero-order chi connectivity index (χ0) is 24.2. The summed E-state index contributed by atoms with van der Waals surface area (Å²) in [5, 5.41) is 7.96. The molecule has 1 N–H and O–H groups in total. The van der Waals surface area contributed by atoms with E-state index >= 15 is 0 Å². The topological polar surface area (TPSA) is 99.6 Å². The lowest BCUT2D eigenvalue weighted by molar-refractivity contribution is -0.116. The number of anilines is 1. The molecule has 0 saturated carbocycles. The lowest BCUT2D eigenvalue weighted by atomic mass is 10.1. The number of carbonyl (C=O) groups is 1. The number of methoxy groups -OCH3 is 2. The summed E-state index contributed by atoms with van der Waals surface area (Å²) in [7, 11) is 3.14. The van der Waals surface area contributed by atoms with Crippen molar-refractivity contribution in [3.05, 3.63) is 78.7 Å². The van der Waals surface area contributed by atoms with Crippen LogP contribution in [-0.4, -0.2) is 30.3 Å². The smallest absolute Gasteiger partial charge is 0.227 e. The predicted octanol–water partition coefficient (Wildman–Crippen LogP) is 5.74. The van der Waals surface area contributed by atoms with Gasteiger partial charge in [0, 0.05) is 35.0 Å². The second-order valence-corrected chi connectivity index (χ2v) is 7.86. The van der Waals surface area contributed by atoms with Crippen LogP contribution in [0, 0.1) is 0 Å². The van der Waals surface area contributed by atoms with Crippen molar-refractivity contribution in [1.82, 2.24) is 10.1 Å². The fraction of sp³-hybridized carbons (Fsp3) is 0.148. The lowest BCUT2D eigenvalue weighted by Gasteiger charge is -2.07. The molecule has 0 saturated heterocycles. The Morgan fingerprint density at radius 3 is 2.46 bits per heavy atom. The first-order chi connectivity index (χ1) is 17.1. The van der Waals surface area contributed by atoms with Gasteiger partial charge in [-0.2, -0.15) is 4.98 Å². The molecular formula is C27H23N3O5. The van der Waals surface area contributed by atoms with Crippen molar-refractivity contribution in [3.8, 4) is 34.2 Å². The Morgan fingerprint density at radius 2 is 1.69 bits per heavy atom. The van der Waals surface area contributed by atoms with Gasteiger partial charge in [-0.15, -0.1) is 0 Å². The lowest BCUT2D eigenvalue weighted by Crippen LogP contribution is -2.12. The molecule has 0 fully saturated rings. The van der Waals surface area contributed by atoms with Gasteiger partial charge >= 0.3 is 0 Å². The van der Waals surface area contributed by atoms with Crippen LogP contribution in [0.15, 0.2) is 81.7 Å². The van der Waals surface area contributed by atoms with E-state index in [2.05, 4.69) is 15.5 Å². The monoisotopic (exact) mass is 469 g/mol. The van der Waals surface area contributed by atoms with Crippen LogP contribution in [-0.2, 0) is 11.2 Å². The normalized spacial score (nSPS) is 10.9. The van der Waals surface area contributed by atoms with Gasteiger partial charge in [0.05, 0.1) is 14.2 Å². The van der Waals surface area contributed by atoms with Crippen LogP contribution in [0.2, 0.25) is 0 Å². The second-order valence-electron chi connectivity index (χ2n) is 7.86. The van der Waals surface area contributed by atoms with Crippen LogP contribution < -0.4 is 14.8 Å². The first-order valence-corrected chi connectivity index (χ1v) is 11.1. The summed E-state index contributed by atoms with van der Waals surface area (Å²) in [4.78, 5) is 16.8. The summed E-state index contributed by atoms with van der Waals surface area (Å²) in [6, 6.07) is 22.8. The maximum atomic E-state index is 12.4. The average Bonchev–Trinajstić information content (AvgIpc) is 3.55. The Labute approximate surface area is 201 Å². The molecular weight excluding hydrogens is 446 g/mol. The molecule has 0 spiro atoms. The van der Waals surface area contributed by atoms with E-state index in [4.69, 9.17) is 18.4 Å². The number of fused-ring (bicyclic) bond motifs is 1. The van der Waals surface area contributed by atoms with Crippen molar-refractivity contribution < 1.29 is 23.2 Å². The van der Waals surface area contributed by atoms with E-state index in [0.29, 0.717) is 35.3 Å². The zero-order valence-electron chi connectivity index (χ0n) is 19.3. The van der Waals surface area contributed by atoms with Gasteiger partial charge in [0.1, 0.15) is 11.3 Å². The maximum Gasteiger partial charge on any atom is 0.227 e. The number of amides is 1. The molecule has 0 aliphatic rings. The first-order valence-electron chi connectivity index (χ1n) is 11.1. The fourth-order valence-electron chi connectivity index (χ4n) is 3.73. The number of hydrogen-bond donors (Lipinski definition) is 1. The van der Waals surface area contributed by atoms with Gasteiger partial charge in [-0.25, -0.2) is 0 Å². The number of rotatable bonds is 8. The number of para-hydroxylation sites is 1. The molecule has 3 aromatic carbocycles. The highest BCUT2D eigenvalue weighted by Gasteiger charge is 2.14. The number of benzene rings is 3. The quantitative estimate of drug-likeness (QED) is 0.309. The van der Waals surface area contributed by atoms with Gasteiger partial charge < -0.3 is 23.7 Å². The van der Waals surface area contributed by atoms with E-state index in [0.717, 1.165) is 27.9 Å². The summed E-state index contributed by atoms with van der Waals surface area (Å²) >= 11 is 0. The minimum atomic E-state index is -0.146. The summed E-state index contributed by atoms with van der Waals surface area (Å²) in [6.07, 6.45) is 0.530. The van der Waals surface area contributed by atoms with E-state index in [9.17, 15) is 4.79 Å². The van der Waals surface area contributed by atoms with Gasteiger partial charge in [-0.3, -0.25) is 4.79 Å². The summed E-state index contributed by atoms with van der Waals surface area (Å²) in [5.74, 6) is 2.62. The molecule has 0 bridgehead atoms. The number of furan rings is 1. The highest BCUT2D eigenvalue weighted by molar-refractivity contribution is 5.91. The molecule has 8 heteroatoms. The minimum absolute atomic E-state index is 0.146. The number of carbonyl (C=O) groups excluding carboxylic acids is 1. The first kappa shape index (κ1) is 22.2. The van der Waals surface area contributed by atoms with Gasteiger partial charge in [0.2, 0.25) is 17.6 Å². The van der Waals surface area contributed by atoms with Gasteiger partial charge in [-0.1, -0.05) is 23.4 Å². The SMILES string of the molecule is COc1ccc(-c2noc(CCC(=O)Nc3ccc(-c4cc5ccccc5o4)cc3)n2)cc1OC. The summed E-state index contributed by atoms with van der Waals surface area (Å²) in [5.41, 5.74) is 3.21. The third-order valence-electron chi connectivity index (χ3n) is 5.55. The fourth-order valence-corrected chi connectivity index (χ4v) is 3.73. The summed E-state index contributed by atoms with van der Waals surface area (Å²) in [6.45, 7) is 0. The number of ether oxygens (including phenoxy) is 2. The Hall–Kier alpha value is -4.59. The van der Waals surface area contributed by atoms with Gasteiger partial charge in [0.25, 0.3) is 0 Å². The van der Waals surface area contributed by atoms with Crippen molar-refractivity contribution in [3.63, 3.8) is 0 Å². The molecule has 0 radical (unpaired) electrons. The molecule has 2 heterocycles. The molecule has 0 atom stereocenters. The summed E-state index contributed by atoms with van der Waals surface area (Å²) < 4.78 is 21.8. The molecule has 5 rings (SSSR count). The van der Waals surface area contributed by atoms with Gasteiger partial charge in [-0.05, 0) is 54.6 Å². The van der Waals surface area contributed by atoms with E-state index in [-0.39, 0.29) is 12.3 Å². The third-order valence-corrected chi connectivity index (χ3v) is 5.55. The number of aromatic nitrogens is 2. The Morgan fingerprint density at radius 1 is 0.914 bits per heavy atom. The molecule has 2 aromatic heterocycles. The predicted molar refractivity (Wildman–Crippen MR) is 131 cm³/mol.